The van der Waals surface area contributed by atoms with E-state index in [-0.39, 0.29) is 29.5 Å². The lowest BCUT2D eigenvalue weighted by Crippen LogP contribution is -2.49. The molecule has 0 unspecified atom stereocenters. The Labute approximate surface area is 210 Å². The van der Waals surface area contributed by atoms with Crippen LogP contribution in [0, 0.1) is 11.7 Å². The van der Waals surface area contributed by atoms with Gasteiger partial charge in [0, 0.05) is 62.9 Å². The summed E-state index contributed by atoms with van der Waals surface area (Å²) in [6.07, 6.45) is 2.70. The van der Waals surface area contributed by atoms with Crippen molar-refractivity contribution in [1.82, 2.24) is 15.1 Å². The normalized spacial score (nSPS) is 18.5. The lowest BCUT2D eigenvalue weighted by molar-refractivity contribution is -0.117. The number of piperazine rings is 1. The number of nitrogens with zero attached hydrogens (tertiary/aromatic N) is 3. The summed E-state index contributed by atoms with van der Waals surface area (Å²) in [6, 6.07) is 11.1. The Bertz CT molecular complexity index is 1120. The van der Waals surface area contributed by atoms with E-state index < -0.39 is 0 Å². The van der Waals surface area contributed by atoms with Gasteiger partial charge in [-0.2, -0.15) is 0 Å². The van der Waals surface area contributed by atoms with E-state index in [1.54, 1.807) is 11.0 Å². The minimum absolute atomic E-state index is 0.00931. The molecule has 2 aromatic carbocycles. The molecular formula is C27H32FN5O3. The van der Waals surface area contributed by atoms with Gasteiger partial charge in [0.05, 0.1) is 11.4 Å². The summed E-state index contributed by atoms with van der Waals surface area (Å²) in [5.74, 6) is -0.484. The van der Waals surface area contributed by atoms with Crippen LogP contribution >= 0.6 is 0 Å². The van der Waals surface area contributed by atoms with Crippen LogP contribution in [0.5, 0.6) is 0 Å². The number of carbonyl (C=O) groups is 3. The molecule has 1 saturated carbocycles. The van der Waals surface area contributed by atoms with Crippen LogP contribution in [0.1, 0.15) is 40.0 Å². The standard InChI is InChI=1S/C27H32FN5O3/c28-22-7-4-20(5-8-22)26(35)33-16-14-31(15-17-33)24-9-6-21(18-23(24)30-25(34)19-2-3-19)27(36)32-12-1-10-29-11-13-32/h4-9,18-19,29H,1-3,10-17H2,(H,30,34). The summed E-state index contributed by atoms with van der Waals surface area (Å²) in [6.45, 7) is 5.24. The van der Waals surface area contributed by atoms with Gasteiger partial charge in [-0.05, 0) is 68.3 Å². The highest BCUT2D eigenvalue weighted by molar-refractivity contribution is 6.01. The monoisotopic (exact) mass is 493 g/mol. The molecule has 0 radical (unpaired) electrons. The first-order valence-corrected chi connectivity index (χ1v) is 12.7. The fourth-order valence-corrected chi connectivity index (χ4v) is 4.78. The molecule has 0 atom stereocenters. The van der Waals surface area contributed by atoms with Crippen LogP contribution < -0.4 is 15.5 Å². The smallest absolute Gasteiger partial charge is 0.253 e. The van der Waals surface area contributed by atoms with Crippen molar-refractivity contribution in [3.05, 3.63) is 59.4 Å². The average Bonchev–Trinajstić information content (AvgIpc) is 3.76. The SMILES string of the molecule is O=C(Nc1cc(C(=O)N2CCCNCC2)ccc1N1CCN(C(=O)c2ccc(F)cc2)CC1)C1CC1. The lowest BCUT2D eigenvalue weighted by Gasteiger charge is -2.37. The van der Waals surface area contributed by atoms with Gasteiger partial charge in [-0.25, -0.2) is 4.39 Å². The van der Waals surface area contributed by atoms with E-state index in [1.165, 1.54) is 24.3 Å². The largest absolute Gasteiger partial charge is 0.366 e. The Morgan fingerprint density at radius 2 is 1.47 bits per heavy atom. The number of rotatable bonds is 5. The molecule has 5 rings (SSSR count). The van der Waals surface area contributed by atoms with Crippen molar-refractivity contribution in [3.63, 3.8) is 0 Å². The van der Waals surface area contributed by atoms with E-state index in [2.05, 4.69) is 15.5 Å². The molecule has 2 N–H and O–H groups in total. The van der Waals surface area contributed by atoms with E-state index >= 15 is 0 Å². The van der Waals surface area contributed by atoms with Gasteiger partial charge < -0.3 is 25.3 Å². The van der Waals surface area contributed by atoms with Crippen molar-refractivity contribution in [2.75, 3.05) is 62.6 Å². The van der Waals surface area contributed by atoms with Gasteiger partial charge in [0.2, 0.25) is 5.91 Å². The second-order valence-electron chi connectivity index (χ2n) is 9.68. The van der Waals surface area contributed by atoms with Gasteiger partial charge in [0.15, 0.2) is 0 Å². The lowest BCUT2D eigenvalue weighted by atomic mass is 10.1. The first-order valence-electron chi connectivity index (χ1n) is 12.7. The fourth-order valence-electron chi connectivity index (χ4n) is 4.78. The number of amides is 3. The zero-order chi connectivity index (χ0) is 25.1. The Hall–Kier alpha value is -3.46. The Morgan fingerprint density at radius 3 is 2.19 bits per heavy atom. The first-order chi connectivity index (χ1) is 17.5. The fraction of sp³-hybridized carbons (Fsp3) is 0.444. The third-order valence-electron chi connectivity index (χ3n) is 7.08. The van der Waals surface area contributed by atoms with E-state index in [1.807, 2.05) is 17.0 Å². The van der Waals surface area contributed by atoms with Crippen LogP contribution in [-0.4, -0.2) is 79.9 Å². The van der Waals surface area contributed by atoms with Gasteiger partial charge in [0.25, 0.3) is 11.8 Å². The Morgan fingerprint density at radius 1 is 0.806 bits per heavy atom. The Balaban J connectivity index is 1.31. The van der Waals surface area contributed by atoms with Gasteiger partial charge in [0.1, 0.15) is 5.82 Å². The average molecular weight is 494 g/mol. The van der Waals surface area contributed by atoms with Crippen LogP contribution in [0.2, 0.25) is 0 Å². The Kier molecular flexibility index (Phi) is 7.18. The van der Waals surface area contributed by atoms with Crippen molar-refractivity contribution in [1.29, 1.82) is 0 Å². The number of hydrogen-bond acceptors (Lipinski definition) is 5. The van der Waals surface area contributed by atoms with E-state index in [4.69, 9.17) is 0 Å². The topological polar surface area (TPSA) is 85.0 Å². The molecule has 2 aliphatic heterocycles. The number of anilines is 2. The highest BCUT2D eigenvalue weighted by Crippen LogP contribution is 2.34. The molecular weight excluding hydrogens is 461 g/mol. The minimum Gasteiger partial charge on any atom is -0.366 e. The van der Waals surface area contributed by atoms with Crippen molar-refractivity contribution in [3.8, 4) is 0 Å². The molecule has 2 heterocycles. The van der Waals surface area contributed by atoms with Crippen LogP contribution in [0.25, 0.3) is 0 Å². The van der Waals surface area contributed by atoms with Crippen LogP contribution in [0.4, 0.5) is 15.8 Å². The predicted octanol–water partition coefficient (Wildman–Crippen LogP) is 2.57. The number of halogens is 1. The highest BCUT2D eigenvalue weighted by atomic mass is 19.1. The predicted molar refractivity (Wildman–Crippen MR) is 136 cm³/mol. The minimum atomic E-state index is -0.369. The summed E-state index contributed by atoms with van der Waals surface area (Å²) in [5, 5.41) is 6.38. The molecule has 3 fully saturated rings. The summed E-state index contributed by atoms with van der Waals surface area (Å²) in [7, 11) is 0. The molecule has 0 spiro atoms. The zero-order valence-electron chi connectivity index (χ0n) is 20.3. The highest BCUT2D eigenvalue weighted by Gasteiger charge is 2.31. The molecule has 36 heavy (non-hydrogen) atoms. The number of nitrogens with one attached hydrogen (secondary N) is 2. The molecule has 3 aliphatic rings. The molecule has 9 heteroatoms. The van der Waals surface area contributed by atoms with Crippen LogP contribution in [0.3, 0.4) is 0 Å². The molecule has 1 aliphatic carbocycles. The van der Waals surface area contributed by atoms with Gasteiger partial charge in [-0.1, -0.05) is 0 Å². The van der Waals surface area contributed by atoms with E-state index in [0.29, 0.717) is 56.1 Å². The van der Waals surface area contributed by atoms with Crippen LogP contribution in [-0.2, 0) is 4.79 Å². The molecule has 3 amide bonds. The molecule has 8 nitrogen and oxygen atoms in total. The summed E-state index contributed by atoms with van der Waals surface area (Å²) >= 11 is 0. The van der Waals surface area contributed by atoms with Crippen molar-refractivity contribution >= 4 is 29.1 Å². The van der Waals surface area contributed by atoms with Crippen molar-refractivity contribution < 1.29 is 18.8 Å². The number of benzene rings is 2. The third-order valence-corrected chi connectivity index (χ3v) is 7.08. The summed E-state index contributed by atoms with van der Waals surface area (Å²) in [5.41, 5.74) is 2.53. The molecule has 190 valence electrons. The maximum atomic E-state index is 13.2. The molecule has 2 aromatic rings. The number of hydrogen-bond donors (Lipinski definition) is 2. The molecule has 2 saturated heterocycles. The molecule has 0 bridgehead atoms. The van der Waals surface area contributed by atoms with Gasteiger partial charge >= 0.3 is 0 Å². The molecule has 0 aromatic heterocycles. The second kappa shape index (κ2) is 10.7. The van der Waals surface area contributed by atoms with Crippen molar-refractivity contribution in [2.24, 2.45) is 5.92 Å². The van der Waals surface area contributed by atoms with Crippen LogP contribution in [0.15, 0.2) is 42.5 Å². The van der Waals surface area contributed by atoms with Gasteiger partial charge in [-0.15, -0.1) is 0 Å². The zero-order valence-corrected chi connectivity index (χ0v) is 20.3. The number of carbonyl (C=O) groups excluding carboxylic acids is 3. The summed E-state index contributed by atoms with van der Waals surface area (Å²) in [4.78, 5) is 44.4. The van der Waals surface area contributed by atoms with Crippen molar-refractivity contribution in [2.45, 2.75) is 19.3 Å². The van der Waals surface area contributed by atoms with E-state index in [0.717, 1.165) is 38.0 Å². The first kappa shape index (κ1) is 24.2. The maximum Gasteiger partial charge on any atom is 0.253 e. The van der Waals surface area contributed by atoms with E-state index in [9.17, 15) is 18.8 Å². The maximum absolute atomic E-state index is 13.2. The quantitative estimate of drug-likeness (QED) is 0.669. The third kappa shape index (κ3) is 5.51. The van der Waals surface area contributed by atoms with Gasteiger partial charge in [-0.3, -0.25) is 14.4 Å². The summed E-state index contributed by atoms with van der Waals surface area (Å²) < 4.78 is 13.2. The second-order valence-corrected chi connectivity index (χ2v) is 9.68.